The van der Waals surface area contributed by atoms with Gasteiger partial charge in [0.25, 0.3) is 0 Å². The maximum Gasteiger partial charge on any atom is 0.141 e. The third kappa shape index (κ3) is 3.92. The Morgan fingerprint density at radius 2 is 1.81 bits per heavy atom. The smallest absolute Gasteiger partial charge is 0.141 e. The van der Waals surface area contributed by atoms with Crippen molar-refractivity contribution in [3.8, 4) is 11.4 Å². The van der Waals surface area contributed by atoms with Crippen LogP contribution in [0, 0.1) is 6.92 Å². The summed E-state index contributed by atoms with van der Waals surface area (Å²) >= 11 is 0. The zero-order valence-electron chi connectivity index (χ0n) is 16.3. The summed E-state index contributed by atoms with van der Waals surface area (Å²) in [6, 6.07) is 15.0. The highest BCUT2D eigenvalue weighted by Crippen LogP contribution is 2.27. The molecule has 0 amide bonds. The van der Waals surface area contributed by atoms with Gasteiger partial charge in [-0.05, 0) is 75.1 Å². The van der Waals surface area contributed by atoms with Crippen LogP contribution in [0.25, 0.3) is 22.4 Å². The third-order valence-electron chi connectivity index (χ3n) is 5.78. The minimum Gasteiger partial charge on any atom is -0.326 e. The Morgan fingerprint density at radius 3 is 2.59 bits per heavy atom. The lowest BCUT2D eigenvalue weighted by molar-refractivity contribution is 0.223. The van der Waals surface area contributed by atoms with Crippen LogP contribution in [0.1, 0.15) is 36.8 Å². The lowest BCUT2D eigenvalue weighted by Gasteiger charge is -2.26. The summed E-state index contributed by atoms with van der Waals surface area (Å²) in [4.78, 5) is 7.58. The molecule has 1 aliphatic rings. The number of piperidine rings is 1. The number of aromatic nitrogens is 2. The third-order valence-corrected chi connectivity index (χ3v) is 5.78. The molecule has 3 aromatic rings. The second-order valence-corrected chi connectivity index (χ2v) is 7.68. The van der Waals surface area contributed by atoms with Crippen molar-refractivity contribution in [1.82, 2.24) is 14.5 Å². The van der Waals surface area contributed by atoms with E-state index in [4.69, 9.17) is 10.7 Å². The Kier molecular flexibility index (Phi) is 5.55. The van der Waals surface area contributed by atoms with Gasteiger partial charge < -0.3 is 15.2 Å². The Hall–Kier alpha value is -2.17. The molecule has 2 aromatic carbocycles. The summed E-state index contributed by atoms with van der Waals surface area (Å²) in [7, 11) is 0. The molecular weight excluding hydrogens is 332 g/mol. The van der Waals surface area contributed by atoms with Gasteiger partial charge in [-0.15, -0.1) is 0 Å². The Labute approximate surface area is 162 Å². The van der Waals surface area contributed by atoms with Crippen LogP contribution in [0.15, 0.2) is 42.5 Å². The van der Waals surface area contributed by atoms with Gasteiger partial charge >= 0.3 is 0 Å². The van der Waals surface area contributed by atoms with E-state index in [9.17, 15) is 0 Å². The van der Waals surface area contributed by atoms with Crippen LogP contribution in [0.3, 0.4) is 0 Å². The van der Waals surface area contributed by atoms with Gasteiger partial charge in [-0.25, -0.2) is 4.98 Å². The maximum atomic E-state index is 5.84. The summed E-state index contributed by atoms with van der Waals surface area (Å²) in [6.45, 7) is 7.42. The molecule has 0 saturated carbocycles. The molecule has 1 aromatic heterocycles. The summed E-state index contributed by atoms with van der Waals surface area (Å²) in [5.74, 6) is 1.07. The fraction of sp³-hybridized carbons (Fsp3) is 0.435. The highest BCUT2D eigenvalue weighted by Gasteiger charge is 2.14. The number of likely N-dealkylation sites (tertiary alicyclic amines) is 1. The highest BCUT2D eigenvalue weighted by molar-refractivity contribution is 5.80. The molecular formula is C23H30N4. The lowest BCUT2D eigenvalue weighted by atomic mass is 10.0. The summed E-state index contributed by atoms with van der Waals surface area (Å²) in [5, 5.41) is 0. The van der Waals surface area contributed by atoms with Crippen LogP contribution in [-0.2, 0) is 13.1 Å². The van der Waals surface area contributed by atoms with Crippen molar-refractivity contribution in [3.05, 3.63) is 53.6 Å². The molecule has 0 radical (unpaired) electrons. The van der Waals surface area contributed by atoms with Crippen LogP contribution in [0.4, 0.5) is 0 Å². The molecule has 4 rings (SSSR count). The number of benzene rings is 2. The highest BCUT2D eigenvalue weighted by atomic mass is 15.1. The molecule has 0 unspecified atom stereocenters. The SMILES string of the molecule is Cc1cc(-c2nc3ccccc3n2CCCN2CCCCC2)ccc1CN. The van der Waals surface area contributed by atoms with Gasteiger partial charge in [-0.3, -0.25) is 0 Å². The molecule has 4 nitrogen and oxygen atoms in total. The number of para-hydroxylation sites is 2. The minimum atomic E-state index is 0.582. The monoisotopic (exact) mass is 362 g/mol. The first-order valence-corrected chi connectivity index (χ1v) is 10.2. The maximum absolute atomic E-state index is 5.84. The topological polar surface area (TPSA) is 47.1 Å². The van der Waals surface area contributed by atoms with E-state index < -0.39 is 0 Å². The quantitative estimate of drug-likeness (QED) is 0.709. The number of rotatable bonds is 6. The van der Waals surface area contributed by atoms with Gasteiger partial charge in [-0.1, -0.05) is 30.7 Å². The van der Waals surface area contributed by atoms with E-state index in [2.05, 4.69) is 58.9 Å². The molecule has 0 aliphatic carbocycles. The van der Waals surface area contributed by atoms with Crippen LogP contribution in [-0.4, -0.2) is 34.1 Å². The van der Waals surface area contributed by atoms with Crippen LogP contribution in [0.2, 0.25) is 0 Å². The van der Waals surface area contributed by atoms with Crippen LogP contribution < -0.4 is 5.73 Å². The van der Waals surface area contributed by atoms with E-state index in [0.29, 0.717) is 6.54 Å². The number of imidazole rings is 1. The van der Waals surface area contributed by atoms with Gasteiger partial charge in [0, 0.05) is 18.7 Å². The number of hydrogen-bond donors (Lipinski definition) is 1. The standard InChI is InChI=1S/C23H30N4/c1-18-16-19(10-11-20(18)17-24)23-25-21-8-3-4-9-22(21)27(23)15-7-14-26-12-5-2-6-13-26/h3-4,8-11,16H,2,5-7,12-15,17,24H2,1H3. The molecule has 0 bridgehead atoms. The molecule has 142 valence electrons. The molecule has 2 N–H and O–H groups in total. The number of aryl methyl sites for hydroxylation is 2. The van der Waals surface area contributed by atoms with E-state index >= 15 is 0 Å². The van der Waals surface area contributed by atoms with E-state index in [1.165, 1.54) is 61.1 Å². The predicted octanol–water partition coefficient (Wildman–Crippen LogP) is 4.35. The van der Waals surface area contributed by atoms with Gasteiger partial charge in [-0.2, -0.15) is 0 Å². The van der Waals surface area contributed by atoms with Gasteiger partial charge in [0.15, 0.2) is 0 Å². The Balaban J connectivity index is 1.62. The summed E-state index contributed by atoms with van der Waals surface area (Å²) in [5.41, 5.74) is 11.8. The minimum absolute atomic E-state index is 0.582. The molecule has 1 fully saturated rings. The average Bonchev–Trinajstić information content (AvgIpc) is 3.07. The van der Waals surface area contributed by atoms with Crippen molar-refractivity contribution < 1.29 is 0 Å². The van der Waals surface area contributed by atoms with E-state index in [-0.39, 0.29) is 0 Å². The lowest BCUT2D eigenvalue weighted by Crippen LogP contribution is -2.31. The molecule has 0 atom stereocenters. The van der Waals surface area contributed by atoms with Crippen LogP contribution >= 0.6 is 0 Å². The van der Waals surface area contributed by atoms with Crippen molar-refractivity contribution in [2.75, 3.05) is 19.6 Å². The van der Waals surface area contributed by atoms with Gasteiger partial charge in [0.05, 0.1) is 11.0 Å². The second kappa shape index (κ2) is 8.24. The number of fused-ring (bicyclic) bond motifs is 1. The van der Waals surface area contributed by atoms with Crippen molar-refractivity contribution >= 4 is 11.0 Å². The van der Waals surface area contributed by atoms with Crippen molar-refractivity contribution in [1.29, 1.82) is 0 Å². The molecule has 4 heteroatoms. The molecule has 1 aliphatic heterocycles. The first kappa shape index (κ1) is 18.2. The fourth-order valence-electron chi connectivity index (χ4n) is 4.22. The number of hydrogen-bond acceptors (Lipinski definition) is 3. The van der Waals surface area contributed by atoms with Crippen molar-refractivity contribution in [2.45, 2.75) is 45.7 Å². The zero-order valence-corrected chi connectivity index (χ0v) is 16.3. The van der Waals surface area contributed by atoms with E-state index in [1.54, 1.807) is 0 Å². The molecule has 0 spiro atoms. The average molecular weight is 363 g/mol. The fourth-order valence-corrected chi connectivity index (χ4v) is 4.22. The molecule has 1 saturated heterocycles. The van der Waals surface area contributed by atoms with E-state index in [1.807, 2.05) is 0 Å². The molecule has 2 heterocycles. The number of nitrogens with zero attached hydrogens (tertiary/aromatic N) is 3. The summed E-state index contributed by atoms with van der Waals surface area (Å²) in [6.07, 6.45) is 5.26. The predicted molar refractivity (Wildman–Crippen MR) is 113 cm³/mol. The largest absolute Gasteiger partial charge is 0.326 e. The zero-order chi connectivity index (χ0) is 18.6. The second-order valence-electron chi connectivity index (χ2n) is 7.68. The Bertz CT molecular complexity index is 906. The molecule has 27 heavy (non-hydrogen) atoms. The Morgan fingerprint density at radius 1 is 1.00 bits per heavy atom. The summed E-state index contributed by atoms with van der Waals surface area (Å²) < 4.78 is 2.40. The van der Waals surface area contributed by atoms with Crippen molar-refractivity contribution in [3.63, 3.8) is 0 Å². The normalized spacial score (nSPS) is 15.5. The van der Waals surface area contributed by atoms with E-state index in [0.717, 1.165) is 24.3 Å². The van der Waals surface area contributed by atoms with Gasteiger partial charge in [0.1, 0.15) is 5.82 Å². The first-order chi connectivity index (χ1) is 13.3. The number of nitrogens with two attached hydrogens (primary N) is 1. The van der Waals surface area contributed by atoms with Crippen LogP contribution in [0.5, 0.6) is 0 Å². The van der Waals surface area contributed by atoms with Gasteiger partial charge in [0.2, 0.25) is 0 Å². The van der Waals surface area contributed by atoms with Crippen molar-refractivity contribution in [2.24, 2.45) is 5.73 Å². The first-order valence-electron chi connectivity index (χ1n) is 10.2.